The maximum atomic E-state index is 5.85. The zero-order valence-corrected chi connectivity index (χ0v) is 11.0. The van der Waals surface area contributed by atoms with E-state index in [4.69, 9.17) is 17.3 Å². The van der Waals surface area contributed by atoms with Gasteiger partial charge in [-0.1, -0.05) is 23.4 Å². The fraction of sp³-hybridized carbons (Fsp3) is 0.273. The van der Waals surface area contributed by atoms with Gasteiger partial charge in [-0.15, -0.1) is 10.2 Å². The highest BCUT2D eigenvalue weighted by Gasteiger charge is 2.10. The average Bonchev–Trinajstić information content (AvgIpc) is 2.69. The maximum Gasteiger partial charge on any atom is 0.191 e. The van der Waals surface area contributed by atoms with E-state index in [1.807, 2.05) is 35.9 Å². The Bertz CT molecular complexity index is 495. The number of halogens is 1. The molecule has 2 aromatic rings. The minimum Gasteiger partial charge on any atom is -0.330 e. The summed E-state index contributed by atoms with van der Waals surface area (Å²) >= 11 is 7.46. The van der Waals surface area contributed by atoms with Gasteiger partial charge in [0.1, 0.15) is 0 Å². The molecule has 4 nitrogen and oxygen atoms in total. The lowest BCUT2D eigenvalue weighted by Gasteiger charge is -2.03. The molecular formula is C11H13ClN4S. The molecule has 1 aromatic heterocycles. The van der Waals surface area contributed by atoms with Crippen molar-refractivity contribution >= 4 is 23.4 Å². The standard InChI is InChI=1S/C11H13ClN4S/c1-16-10(8-2-4-9(12)5-3-8)14-15-11(16)17-7-6-13/h2-5H,6-7,13H2,1H3. The third-order valence-electron chi connectivity index (χ3n) is 2.29. The van der Waals surface area contributed by atoms with Gasteiger partial charge in [0.05, 0.1) is 0 Å². The molecule has 1 heterocycles. The largest absolute Gasteiger partial charge is 0.330 e. The maximum absolute atomic E-state index is 5.85. The molecule has 0 aliphatic rings. The second kappa shape index (κ2) is 5.53. The van der Waals surface area contributed by atoms with E-state index in [0.29, 0.717) is 11.6 Å². The second-order valence-corrected chi connectivity index (χ2v) is 5.01. The first-order valence-corrected chi connectivity index (χ1v) is 6.57. The molecule has 2 rings (SSSR count). The van der Waals surface area contributed by atoms with Crippen molar-refractivity contribution in [2.75, 3.05) is 12.3 Å². The predicted molar refractivity (Wildman–Crippen MR) is 71.2 cm³/mol. The minimum atomic E-state index is 0.633. The summed E-state index contributed by atoms with van der Waals surface area (Å²) in [5.74, 6) is 1.67. The molecule has 0 amide bonds. The Balaban J connectivity index is 2.27. The summed E-state index contributed by atoms with van der Waals surface area (Å²) < 4.78 is 1.96. The predicted octanol–water partition coefficient (Wildman–Crippen LogP) is 2.19. The molecule has 0 saturated carbocycles. The minimum absolute atomic E-state index is 0.633. The summed E-state index contributed by atoms with van der Waals surface area (Å²) in [5.41, 5.74) is 6.47. The fourth-order valence-corrected chi connectivity index (χ4v) is 2.25. The summed E-state index contributed by atoms with van der Waals surface area (Å²) in [7, 11) is 1.95. The lowest BCUT2D eigenvalue weighted by atomic mass is 10.2. The lowest BCUT2D eigenvalue weighted by Crippen LogP contribution is -2.03. The summed E-state index contributed by atoms with van der Waals surface area (Å²) in [6, 6.07) is 7.56. The van der Waals surface area contributed by atoms with Gasteiger partial charge in [0.25, 0.3) is 0 Å². The molecule has 90 valence electrons. The average molecular weight is 269 g/mol. The quantitative estimate of drug-likeness (QED) is 0.864. The number of benzene rings is 1. The van der Waals surface area contributed by atoms with Crippen molar-refractivity contribution in [1.29, 1.82) is 0 Å². The second-order valence-electron chi connectivity index (χ2n) is 3.51. The van der Waals surface area contributed by atoms with Crippen LogP contribution in [0.1, 0.15) is 0 Å². The Morgan fingerprint density at radius 2 is 2.00 bits per heavy atom. The first-order chi connectivity index (χ1) is 8.22. The number of hydrogen-bond acceptors (Lipinski definition) is 4. The zero-order chi connectivity index (χ0) is 12.3. The molecule has 0 atom stereocenters. The Morgan fingerprint density at radius 1 is 1.29 bits per heavy atom. The first kappa shape index (κ1) is 12.4. The smallest absolute Gasteiger partial charge is 0.191 e. The van der Waals surface area contributed by atoms with E-state index in [1.165, 1.54) is 0 Å². The molecule has 0 aliphatic heterocycles. The molecule has 0 radical (unpaired) electrons. The molecule has 6 heteroatoms. The topological polar surface area (TPSA) is 56.7 Å². The molecular weight excluding hydrogens is 256 g/mol. The molecule has 2 N–H and O–H groups in total. The highest BCUT2D eigenvalue weighted by molar-refractivity contribution is 7.99. The van der Waals surface area contributed by atoms with E-state index >= 15 is 0 Å². The van der Waals surface area contributed by atoms with Crippen LogP contribution in [0.3, 0.4) is 0 Å². The SMILES string of the molecule is Cn1c(SCCN)nnc1-c1ccc(Cl)cc1. The van der Waals surface area contributed by atoms with Crippen LogP contribution in [-0.2, 0) is 7.05 Å². The molecule has 0 unspecified atom stereocenters. The van der Waals surface area contributed by atoms with E-state index in [0.717, 1.165) is 22.3 Å². The van der Waals surface area contributed by atoms with Gasteiger partial charge in [-0.25, -0.2) is 0 Å². The van der Waals surface area contributed by atoms with Gasteiger partial charge in [-0.3, -0.25) is 0 Å². The van der Waals surface area contributed by atoms with Gasteiger partial charge in [0.2, 0.25) is 0 Å². The summed E-state index contributed by atoms with van der Waals surface area (Å²) in [4.78, 5) is 0. The van der Waals surface area contributed by atoms with Gasteiger partial charge in [0.15, 0.2) is 11.0 Å². The molecule has 0 fully saturated rings. The Hall–Kier alpha value is -1.04. The van der Waals surface area contributed by atoms with Crippen LogP contribution >= 0.6 is 23.4 Å². The zero-order valence-electron chi connectivity index (χ0n) is 9.43. The lowest BCUT2D eigenvalue weighted by molar-refractivity contribution is 0.793. The normalized spacial score (nSPS) is 10.8. The van der Waals surface area contributed by atoms with Crippen LogP contribution in [0.4, 0.5) is 0 Å². The molecule has 0 bridgehead atoms. The molecule has 0 aliphatic carbocycles. The molecule has 0 saturated heterocycles. The van der Waals surface area contributed by atoms with Crippen molar-refractivity contribution < 1.29 is 0 Å². The van der Waals surface area contributed by atoms with Crippen molar-refractivity contribution in [3.05, 3.63) is 29.3 Å². The Kier molecular flexibility index (Phi) is 4.04. The molecule has 1 aromatic carbocycles. The van der Waals surface area contributed by atoms with E-state index in [2.05, 4.69) is 10.2 Å². The van der Waals surface area contributed by atoms with Gasteiger partial charge < -0.3 is 10.3 Å². The van der Waals surface area contributed by atoms with Crippen molar-refractivity contribution in [2.24, 2.45) is 12.8 Å². The first-order valence-electron chi connectivity index (χ1n) is 5.20. The van der Waals surface area contributed by atoms with Crippen LogP contribution in [-0.4, -0.2) is 27.1 Å². The van der Waals surface area contributed by atoms with Crippen LogP contribution in [0, 0.1) is 0 Å². The van der Waals surface area contributed by atoms with Gasteiger partial charge in [-0.2, -0.15) is 0 Å². The van der Waals surface area contributed by atoms with Crippen molar-refractivity contribution in [3.63, 3.8) is 0 Å². The van der Waals surface area contributed by atoms with Gasteiger partial charge >= 0.3 is 0 Å². The van der Waals surface area contributed by atoms with Crippen molar-refractivity contribution in [1.82, 2.24) is 14.8 Å². The number of rotatable bonds is 4. The number of nitrogens with zero attached hydrogens (tertiary/aromatic N) is 3. The number of hydrogen-bond donors (Lipinski definition) is 1. The van der Waals surface area contributed by atoms with Crippen LogP contribution in [0.25, 0.3) is 11.4 Å². The Morgan fingerprint density at radius 3 is 2.65 bits per heavy atom. The van der Waals surface area contributed by atoms with E-state index in [9.17, 15) is 0 Å². The highest BCUT2D eigenvalue weighted by atomic mass is 35.5. The van der Waals surface area contributed by atoms with Crippen molar-refractivity contribution in [2.45, 2.75) is 5.16 Å². The van der Waals surface area contributed by atoms with Gasteiger partial charge in [-0.05, 0) is 24.3 Å². The third kappa shape index (κ3) is 2.80. The third-order valence-corrected chi connectivity index (χ3v) is 3.59. The van der Waals surface area contributed by atoms with Gasteiger partial charge in [0, 0.05) is 29.9 Å². The van der Waals surface area contributed by atoms with Crippen molar-refractivity contribution in [3.8, 4) is 11.4 Å². The molecule has 0 spiro atoms. The van der Waals surface area contributed by atoms with Crippen LogP contribution in [0.2, 0.25) is 5.02 Å². The van der Waals surface area contributed by atoms with E-state index in [1.54, 1.807) is 11.8 Å². The summed E-state index contributed by atoms with van der Waals surface area (Å²) in [6.07, 6.45) is 0. The highest BCUT2D eigenvalue weighted by Crippen LogP contribution is 2.23. The number of thioether (sulfide) groups is 1. The van der Waals surface area contributed by atoms with E-state index in [-0.39, 0.29) is 0 Å². The van der Waals surface area contributed by atoms with Crippen LogP contribution in [0.15, 0.2) is 29.4 Å². The Labute approximate surface area is 109 Å². The molecule has 17 heavy (non-hydrogen) atoms. The number of nitrogens with two attached hydrogens (primary N) is 1. The summed E-state index contributed by atoms with van der Waals surface area (Å²) in [6.45, 7) is 0.633. The monoisotopic (exact) mass is 268 g/mol. The summed E-state index contributed by atoms with van der Waals surface area (Å²) in [5, 5.41) is 9.91. The number of aromatic nitrogens is 3. The fourth-order valence-electron chi connectivity index (χ4n) is 1.44. The van der Waals surface area contributed by atoms with Crippen LogP contribution < -0.4 is 5.73 Å². The van der Waals surface area contributed by atoms with E-state index < -0.39 is 0 Å². The van der Waals surface area contributed by atoms with Crippen LogP contribution in [0.5, 0.6) is 0 Å².